The predicted octanol–water partition coefficient (Wildman–Crippen LogP) is 1.38. The highest BCUT2D eigenvalue weighted by Crippen LogP contribution is 2.25. The molecule has 9 heteroatoms. The van der Waals surface area contributed by atoms with Crippen LogP contribution < -0.4 is 20.9 Å². The van der Waals surface area contributed by atoms with Gasteiger partial charge in [-0.1, -0.05) is 11.6 Å². The molecule has 1 aromatic heterocycles. The highest BCUT2D eigenvalue weighted by atomic mass is 127. The maximum absolute atomic E-state index is 11.7. The molecule has 1 amide bonds. The quantitative estimate of drug-likeness (QED) is 0.338. The number of aromatic nitrogens is 1. The lowest BCUT2D eigenvalue weighted by atomic mass is 10.3. The minimum atomic E-state index is 0. The summed E-state index contributed by atoms with van der Waals surface area (Å²) in [4.78, 5) is 22.4. The van der Waals surface area contributed by atoms with E-state index in [1.165, 1.54) is 0 Å². The van der Waals surface area contributed by atoms with Crippen LogP contribution in [0.5, 0.6) is 0 Å². The van der Waals surface area contributed by atoms with E-state index in [0.717, 1.165) is 38.2 Å². The van der Waals surface area contributed by atoms with E-state index in [9.17, 15) is 4.79 Å². The zero-order valence-corrected chi connectivity index (χ0v) is 17.3. The monoisotopic (exact) mass is 478 g/mol. The molecule has 1 atom stereocenters. The lowest BCUT2D eigenvalue weighted by molar-refractivity contribution is -0.120. The Morgan fingerprint density at radius 2 is 2.16 bits per heavy atom. The van der Waals surface area contributed by atoms with Crippen LogP contribution in [0, 0.1) is 0 Å². The number of aliphatic imine (C=N–C) groups is 1. The molecule has 1 unspecified atom stereocenters. The van der Waals surface area contributed by atoms with E-state index in [1.807, 2.05) is 12.1 Å². The van der Waals surface area contributed by atoms with Crippen LogP contribution in [0.15, 0.2) is 23.3 Å². The molecule has 1 saturated heterocycles. The van der Waals surface area contributed by atoms with Gasteiger partial charge in [0.05, 0.1) is 11.6 Å². The predicted molar refractivity (Wildman–Crippen MR) is 111 cm³/mol. The van der Waals surface area contributed by atoms with Crippen LogP contribution in [0.25, 0.3) is 0 Å². The number of carbonyl (C=O) groups is 1. The van der Waals surface area contributed by atoms with Crippen molar-refractivity contribution < 1.29 is 4.79 Å². The van der Waals surface area contributed by atoms with Gasteiger partial charge in [0.2, 0.25) is 5.91 Å². The molecule has 0 bridgehead atoms. The normalized spacial score (nSPS) is 20.0. The molecule has 1 aliphatic heterocycles. The highest BCUT2D eigenvalue weighted by molar-refractivity contribution is 14.0. The van der Waals surface area contributed by atoms with Crippen LogP contribution >= 0.6 is 35.6 Å². The molecule has 1 saturated carbocycles. The van der Waals surface area contributed by atoms with Crippen molar-refractivity contribution in [3.8, 4) is 0 Å². The third kappa shape index (κ3) is 5.88. The first kappa shape index (κ1) is 20.0. The first-order valence-corrected chi connectivity index (χ1v) is 8.65. The van der Waals surface area contributed by atoms with Crippen molar-refractivity contribution in [1.82, 2.24) is 20.9 Å². The number of halogens is 2. The highest BCUT2D eigenvalue weighted by Gasteiger charge is 2.26. The molecular weight excluding hydrogens is 455 g/mol. The van der Waals surface area contributed by atoms with Gasteiger partial charge in [-0.2, -0.15) is 0 Å². The van der Waals surface area contributed by atoms with Crippen molar-refractivity contribution in [3.63, 3.8) is 0 Å². The first-order valence-electron chi connectivity index (χ1n) is 8.27. The minimum Gasteiger partial charge on any atom is -0.353 e. The van der Waals surface area contributed by atoms with E-state index in [2.05, 4.69) is 30.8 Å². The molecule has 1 aliphatic carbocycles. The van der Waals surface area contributed by atoms with Gasteiger partial charge in [-0.15, -0.1) is 24.0 Å². The van der Waals surface area contributed by atoms with Gasteiger partial charge in [-0.25, -0.2) is 4.98 Å². The third-order valence-electron chi connectivity index (χ3n) is 4.15. The second-order valence-corrected chi connectivity index (χ2v) is 6.56. The molecule has 2 aliphatic rings. The van der Waals surface area contributed by atoms with E-state index >= 15 is 0 Å². The van der Waals surface area contributed by atoms with Gasteiger partial charge in [0.25, 0.3) is 0 Å². The fourth-order valence-corrected chi connectivity index (χ4v) is 2.98. The summed E-state index contributed by atoms with van der Waals surface area (Å²) in [5.74, 6) is 1.46. The minimum absolute atomic E-state index is 0. The van der Waals surface area contributed by atoms with Gasteiger partial charge in [0.1, 0.15) is 5.82 Å². The molecule has 3 N–H and O–H groups in total. The molecule has 1 aromatic rings. The molecule has 7 nitrogen and oxygen atoms in total. The fourth-order valence-electron chi connectivity index (χ4n) is 2.74. The number of rotatable bonds is 5. The summed E-state index contributed by atoms with van der Waals surface area (Å²) in [5.41, 5.74) is 0. The van der Waals surface area contributed by atoms with Gasteiger partial charge in [0, 0.05) is 38.4 Å². The maximum Gasteiger partial charge on any atom is 0.239 e. The Labute approximate surface area is 170 Å². The maximum atomic E-state index is 11.7. The van der Waals surface area contributed by atoms with E-state index in [-0.39, 0.29) is 42.5 Å². The van der Waals surface area contributed by atoms with Crippen LogP contribution in [0.2, 0.25) is 5.02 Å². The van der Waals surface area contributed by atoms with Crippen molar-refractivity contribution in [2.45, 2.75) is 31.3 Å². The summed E-state index contributed by atoms with van der Waals surface area (Å²) in [6, 6.07) is 4.29. The molecule has 3 rings (SSSR count). The Morgan fingerprint density at radius 3 is 2.84 bits per heavy atom. The number of hydrogen-bond donors (Lipinski definition) is 3. The Kier molecular flexibility index (Phi) is 7.55. The Hall–Kier alpha value is -1.29. The molecule has 2 heterocycles. The zero-order valence-electron chi connectivity index (χ0n) is 14.2. The summed E-state index contributed by atoms with van der Waals surface area (Å²) in [7, 11) is 1.70. The SMILES string of the molecule is CN=C(NCC(=O)NC1CC1)NC1CCN(c2ncccc2Cl)C1.I. The van der Waals surface area contributed by atoms with Crippen LogP contribution in [-0.4, -0.2) is 55.6 Å². The molecule has 0 spiro atoms. The van der Waals surface area contributed by atoms with Crippen molar-refractivity contribution in [3.05, 3.63) is 23.4 Å². The molecule has 138 valence electrons. The van der Waals surface area contributed by atoms with Crippen LogP contribution in [0.3, 0.4) is 0 Å². The first-order chi connectivity index (χ1) is 11.7. The lowest BCUT2D eigenvalue weighted by Crippen LogP contribution is -2.47. The van der Waals surface area contributed by atoms with Gasteiger partial charge in [0.15, 0.2) is 5.96 Å². The molecule has 0 radical (unpaired) electrons. The van der Waals surface area contributed by atoms with Crippen molar-refractivity contribution >= 4 is 53.3 Å². The number of nitrogens with zero attached hydrogens (tertiary/aromatic N) is 3. The largest absolute Gasteiger partial charge is 0.353 e. The Morgan fingerprint density at radius 1 is 1.36 bits per heavy atom. The Bertz CT molecular complexity index is 624. The zero-order chi connectivity index (χ0) is 16.9. The number of anilines is 1. The van der Waals surface area contributed by atoms with E-state index in [1.54, 1.807) is 13.2 Å². The molecule has 2 fully saturated rings. The average Bonchev–Trinajstić information content (AvgIpc) is 3.27. The van der Waals surface area contributed by atoms with Crippen LogP contribution in [0.4, 0.5) is 5.82 Å². The second-order valence-electron chi connectivity index (χ2n) is 6.15. The summed E-state index contributed by atoms with van der Waals surface area (Å²) < 4.78 is 0. The second kappa shape index (κ2) is 9.42. The number of hydrogen-bond acceptors (Lipinski definition) is 4. The van der Waals surface area contributed by atoms with Crippen LogP contribution in [-0.2, 0) is 4.79 Å². The standard InChI is InChI=1S/C16H23ClN6O.HI/c1-18-16(20-9-14(24)21-11-4-5-11)22-12-6-8-23(10-12)15-13(17)3-2-7-19-15;/h2-3,7,11-12H,4-6,8-10H2,1H3,(H,21,24)(H2,18,20,22);1H. The topological polar surface area (TPSA) is 81.6 Å². The Balaban J connectivity index is 0.00000225. The number of guanidine groups is 1. The number of pyridine rings is 1. The summed E-state index contributed by atoms with van der Waals surface area (Å²) in [5, 5.41) is 10.0. The summed E-state index contributed by atoms with van der Waals surface area (Å²) in [6.45, 7) is 1.91. The third-order valence-corrected chi connectivity index (χ3v) is 4.45. The van der Waals surface area contributed by atoms with E-state index < -0.39 is 0 Å². The van der Waals surface area contributed by atoms with Crippen LogP contribution in [0.1, 0.15) is 19.3 Å². The smallest absolute Gasteiger partial charge is 0.239 e. The summed E-state index contributed by atoms with van der Waals surface area (Å²) in [6.07, 6.45) is 4.89. The molecule has 25 heavy (non-hydrogen) atoms. The van der Waals surface area contributed by atoms with Gasteiger partial charge in [-0.05, 0) is 31.4 Å². The number of amides is 1. The van der Waals surface area contributed by atoms with Gasteiger partial charge in [-0.3, -0.25) is 9.79 Å². The van der Waals surface area contributed by atoms with Gasteiger partial charge < -0.3 is 20.9 Å². The van der Waals surface area contributed by atoms with Crippen molar-refractivity contribution in [2.24, 2.45) is 4.99 Å². The number of nitrogens with one attached hydrogen (secondary N) is 3. The lowest BCUT2D eigenvalue weighted by Gasteiger charge is -2.20. The van der Waals surface area contributed by atoms with E-state index in [0.29, 0.717) is 17.0 Å². The van der Waals surface area contributed by atoms with E-state index in [4.69, 9.17) is 11.6 Å². The average molecular weight is 479 g/mol. The number of carbonyl (C=O) groups excluding carboxylic acids is 1. The van der Waals surface area contributed by atoms with Crippen molar-refractivity contribution in [1.29, 1.82) is 0 Å². The summed E-state index contributed by atoms with van der Waals surface area (Å²) >= 11 is 6.21. The molecular formula is C16H24ClIN6O. The fraction of sp³-hybridized carbons (Fsp3) is 0.562. The van der Waals surface area contributed by atoms with Crippen molar-refractivity contribution in [2.75, 3.05) is 31.6 Å². The van der Waals surface area contributed by atoms with Gasteiger partial charge >= 0.3 is 0 Å². The molecule has 0 aromatic carbocycles.